The largest absolute Gasteiger partial charge is 0.489 e. The molecule has 3 heteroatoms. The fraction of sp³-hybridized carbons (Fsp3) is 0.500. The van der Waals surface area contributed by atoms with Crippen LogP contribution in [-0.2, 0) is 0 Å². The second kappa shape index (κ2) is 3.75. The lowest BCUT2D eigenvalue weighted by atomic mass is 10.3. The predicted molar refractivity (Wildman–Crippen MR) is 50.9 cm³/mol. The number of aryl methyl sites for hydroxylation is 1. The average Bonchev–Trinajstić information content (AvgIpc) is 2.57. The Morgan fingerprint density at radius 2 is 2.54 bits per heavy atom. The van der Waals surface area contributed by atoms with E-state index in [0.717, 1.165) is 31.0 Å². The summed E-state index contributed by atoms with van der Waals surface area (Å²) < 4.78 is 5.75. The molecule has 3 nitrogen and oxygen atoms in total. The highest BCUT2D eigenvalue weighted by atomic mass is 16.5. The van der Waals surface area contributed by atoms with Crippen molar-refractivity contribution < 1.29 is 4.74 Å². The Morgan fingerprint density at radius 3 is 3.23 bits per heavy atom. The van der Waals surface area contributed by atoms with Gasteiger partial charge in [-0.15, -0.1) is 0 Å². The number of ether oxygens (including phenoxy) is 1. The molecule has 0 radical (unpaired) electrons. The van der Waals surface area contributed by atoms with Crippen LogP contribution in [0, 0.1) is 6.92 Å². The number of hydrogen-bond donors (Lipinski definition) is 1. The van der Waals surface area contributed by atoms with E-state index >= 15 is 0 Å². The fourth-order valence-corrected chi connectivity index (χ4v) is 1.51. The van der Waals surface area contributed by atoms with Crippen LogP contribution in [0.2, 0.25) is 0 Å². The van der Waals surface area contributed by atoms with Gasteiger partial charge in [-0.1, -0.05) is 0 Å². The molecule has 13 heavy (non-hydrogen) atoms. The van der Waals surface area contributed by atoms with Crippen LogP contribution in [0.3, 0.4) is 0 Å². The standard InChI is InChI=1S/C10H14N2O/c1-8-6-9(3-5-12-8)13-10-2-4-11-7-10/h3,5-6,10-11H,2,4,7H2,1H3. The SMILES string of the molecule is Cc1cc(OC2CCNC2)ccn1. The second-order valence-corrected chi connectivity index (χ2v) is 3.37. The van der Waals surface area contributed by atoms with E-state index in [-0.39, 0.29) is 0 Å². The Kier molecular flexibility index (Phi) is 2.45. The topological polar surface area (TPSA) is 34.1 Å². The number of aromatic nitrogens is 1. The van der Waals surface area contributed by atoms with E-state index in [1.807, 2.05) is 19.1 Å². The zero-order chi connectivity index (χ0) is 9.10. The fourth-order valence-electron chi connectivity index (χ4n) is 1.51. The molecule has 2 heterocycles. The van der Waals surface area contributed by atoms with Crippen molar-refractivity contribution in [3.8, 4) is 5.75 Å². The lowest BCUT2D eigenvalue weighted by molar-refractivity contribution is 0.222. The first-order chi connectivity index (χ1) is 6.34. The smallest absolute Gasteiger partial charge is 0.123 e. The summed E-state index contributed by atoms with van der Waals surface area (Å²) in [6.07, 6.45) is 3.22. The summed E-state index contributed by atoms with van der Waals surface area (Å²) in [5.74, 6) is 0.932. The first kappa shape index (κ1) is 8.51. The van der Waals surface area contributed by atoms with Gasteiger partial charge in [-0.05, 0) is 26.0 Å². The van der Waals surface area contributed by atoms with Crippen molar-refractivity contribution in [3.63, 3.8) is 0 Å². The van der Waals surface area contributed by atoms with Crippen LogP contribution < -0.4 is 10.1 Å². The lowest BCUT2D eigenvalue weighted by Crippen LogP contribution is -2.19. The minimum Gasteiger partial charge on any atom is -0.489 e. The van der Waals surface area contributed by atoms with E-state index in [1.54, 1.807) is 6.20 Å². The maximum Gasteiger partial charge on any atom is 0.123 e. The van der Waals surface area contributed by atoms with E-state index in [0.29, 0.717) is 6.10 Å². The van der Waals surface area contributed by atoms with Crippen LogP contribution in [0.15, 0.2) is 18.3 Å². The Morgan fingerprint density at radius 1 is 1.62 bits per heavy atom. The van der Waals surface area contributed by atoms with Gasteiger partial charge in [0.05, 0.1) is 0 Å². The number of rotatable bonds is 2. The highest BCUT2D eigenvalue weighted by Gasteiger charge is 2.15. The molecule has 2 rings (SSSR count). The van der Waals surface area contributed by atoms with Gasteiger partial charge >= 0.3 is 0 Å². The zero-order valence-electron chi connectivity index (χ0n) is 7.79. The van der Waals surface area contributed by atoms with Crippen molar-refractivity contribution in [2.45, 2.75) is 19.4 Å². The molecule has 0 amide bonds. The summed E-state index contributed by atoms with van der Waals surface area (Å²) in [7, 11) is 0. The molecule has 1 unspecified atom stereocenters. The molecule has 1 saturated heterocycles. The van der Waals surface area contributed by atoms with Gasteiger partial charge in [0.25, 0.3) is 0 Å². The molecular weight excluding hydrogens is 164 g/mol. The molecule has 1 aromatic heterocycles. The van der Waals surface area contributed by atoms with Crippen molar-refractivity contribution in [2.24, 2.45) is 0 Å². The summed E-state index contributed by atoms with van der Waals surface area (Å²) in [6.45, 7) is 4.00. The molecule has 0 aliphatic carbocycles. The van der Waals surface area contributed by atoms with Crippen LogP contribution in [0.4, 0.5) is 0 Å². The van der Waals surface area contributed by atoms with Crippen LogP contribution in [0.25, 0.3) is 0 Å². The van der Waals surface area contributed by atoms with Gasteiger partial charge in [0.1, 0.15) is 11.9 Å². The van der Waals surface area contributed by atoms with Crippen molar-refractivity contribution in [1.29, 1.82) is 0 Å². The molecule has 70 valence electrons. The number of nitrogens with one attached hydrogen (secondary N) is 1. The van der Waals surface area contributed by atoms with Gasteiger partial charge in [0, 0.05) is 24.5 Å². The van der Waals surface area contributed by atoms with Gasteiger partial charge in [-0.25, -0.2) is 0 Å². The Hall–Kier alpha value is -1.09. The summed E-state index contributed by atoms with van der Waals surface area (Å²) in [4.78, 5) is 4.12. The average molecular weight is 178 g/mol. The van der Waals surface area contributed by atoms with Gasteiger partial charge < -0.3 is 10.1 Å². The molecule has 0 spiro atoms. The van der Waals surface area contributed by atoms with Crippen molar-refractivity contribution in [3.05, 3.63) is 24.0 Å². The van der Waals surface area contributed by atoms with Crippen molar-refractivity contribution in [2.75, 3.05) is 13.1 Å². The summed E-state index contributed by atoms with van der Waals surface area (Å²) in [5, 5.41) is 3.27. The zero-order valence-corrected chi connectivity index (χ0v) is 7.79. The van der Waals surface area contributed by atoms with Crippen LogP contribution in [-0.4, -0.2) is 24.2 Å². The van der Waals surface area contributed by atoms with E-state index in [4.69, 9.17) is 4.74 Å². The van der Waals surface area contributed by atoms with Gasteiger partial charge in [0.2, 0.25) is 0 Å². The normalized spacial score (nSPS) is 21.8. The first-order valence-electron chi connectivity index (χ1n) is 4.64. The highest BCUT2D eigenvalue weighted by Crippen LogP contribution is 2.14. The minimum atomic E-state index is 0.335. The van der Waals surface area contributed by atoms with Crippen molar-refractivity contribution in [1.82, 2.24) is 10.3 Å². The number of pyridine rings is 1. The minimum absolute atomic E-state index is 0.335. The maximum atomic E-state index is 5.75. The summed E-state index contributed by atoms with van der Waals surface area (Å²) >= 11 is 0. The molecule has 0 saturated carbocycles. The van der Waals surface area contributed by atoms with E-state index in [1.165, 1.54) is 0 Å². The molecule has 0 aromatic carbocycles. The summed E-state index contributed by atoms with van der Waals surface area (Å²) in [6, 6.07) is 3.88. The Bertz CT molecular complexity index is 282. The van der Waals surface area contributed by atoms with Crippen LogP contribution in [0.5, 0.6) is 5.75 Å². The van der Waals surface area contributed by atoms with Gasteiger partial charge in [-0.3, -0.25) is 4.98 Å². The molecule has 1 aromatic rings. The third-order valence-electron chi connectivity index (χ3n) is 2.19. The molecule has 1 aliphatic heterocycles. The van der Waals surface area contributed by atoms with Gasteiger partial charge in [0.15, 0.2) is 0 Å². The van der Waals surface area contributed by atoms with Crippen LogP contribution >= 0.6 is 0 Å². The molecular formula is C10H14N2O. The maximum absolute atomic E-state index is 5.75. The number of nitrogens with zero attached hydrogens (tertiary/aromatic N) is 1. The quantitative estimate of drug-likeness (QED) is 0.737. The van der Waals surface area contributed by atoms with E-state index < -0.39 is 0 Å². The molecule has 1 aliphatic rings. The molecule has 1 atom stereocenters. The van der Waals surface area contributed by atoms with Crippen molar-refractivity contribution >= 4 is 0 Å². The highest BCUT2D eigenvalue weighted by molar-refractivity contribution is 5.22. The molecule has 1 N–H and O–H groups in total. The Labute approximate surface area is 78.1 Å². The van der Waals surface area contributed by atoms with Crippen LogP contribution in [0.1, 0.15) is 12.1 Å². The Balaban J connectivity index is 2.00. The second-order valence-electron chi connectivity index (χ2n) is 3.37. The summed E-state index contributed by atoms with van der Waals surface area (Å²) in [5.41, 5.74) is 1.00. The molecule has 0 bridgehead atoms. The predicted octanol–water partition coefficient (Wildman–Crippen LogP) is 1.13. The first-order valence-corrected chi connectivity index (χ1v) is 4.64. The third-order valence-corrected chi connectivity index (χ3v) is 2.19. The van der Waals surface area contributed by atoms with E-state index in [2.05, 4.69) is 10.3 Å². The van der Waals surface area contributed by atoms with E-state index in [9.17, 15) is 0 Å². The monoisotopic (exact) mass is 178 g/mol. The third kappa shape index (κ3) is 2.18. The molecule has 1 fully saturated rings. The lowest BCUT2D eigenvalue weighted by Gasteiger charge is -2.12. The van der Waals surface area contributed by atoms with Gasteiger partial charge in [-0.2, -0.15) is 0 Å². The number of hydrogen-bond acceptors (Lipinski definition) is 3.